The molecule has 0 aliphatic rings. The quantitative estimate of drug-likeness (QED) is 0.766. The molecule has 4 heteroatoms. The standard InChI is InChI=1S/C10H11N3O/c1-13-9(7-14)6-10(12-13)8-2-4-11-5-3-8/h2-6,14H,7H2,1H3. The van der Waals surface area contributed by atoms with Gasteiger partial charge in [0.15, 0.2) is 0 Å². The van der Waals surface area contributed by atoms with Gasteiger partial charge >= 0.3 is 0 Å². The third-order valence-corrected chi connectivity index (χ3v) is 2.11. The summed E-state index contributed by atoms with van der Waals surface area (Å²) in [6.45, 7) is 0.00852. The minimum Gasteiger partial charge on any atom is -0.390 e. The van der Waals surface area contributed by atoms with Crippen LogP contribution in [0.3, 0.4) is 0 Å². The van der Waals surface area contributed by atoms with Crippen LogP contribution in [0, 0.1) is 0 Å². The van der Waals surface area contributed by atoms with E-state index in [1.165, 1.54) is 0 Å². The molecule has 0 aliphatic carbocycles. The van der Waals surface area contributed by atoms with Gasteiger partial charge in [-0.1, -0.05) is 0 Å². The molecule has 1 N–H and O–H groups in total. The van der Waals surface area contributed by atoms with Crippen molar-refractivity contribution in [1.82, 2.24) is 14.8 Å². The second-order valence-electron chi connectivity index (χ2n) is 3.04. The van der Waals surface area contributed by atoms with Crippen molar-refractivity contribution in [3.8, 4) is 11.3 Å². The number of hydrogen-bond acceptors (Lipinski definition) is 3. The van der Waals surface area contributed by atoms with Crippen molar-refractivity contribution in [1.29, 1.82) is 0 Å². The van der Waals surface area contributed by atoms with Crippen LogP contribution in [-0.4, -0.2) is 19.9 Å². The zero-order valence-corrected chi connectivity index (χ0v) is 7.88. The first-order chi connectivity index (χ1) is 6.81. The molecule has 0 aliphatic heterocycles. The molecule has 0 spiro atoms. The Hall–Kier alpha value is -1.68. The van der Waals surface area contributed by atoms with Crippen LogP contribution in [0.4, 0.5) is 0 Å². The number of hydrogen-bond donors (Lipinski definition) is 1. The Balaban J connectivity index is 2.43. The highest BCUT2D eigenvalue weighted by Crippen LogP contribution is 2.17. The fourth-order valence-electron chi connectivity index (χ4n) is 1.32. The maximum Gasteiger partial charge on any atom is 0.0927 e. The van der Waals surface area contributed by atoms with E-state index in [4.69, 9.17) is 5.11 Å². The number of rotatable bonds is 2. The summed E-state index contributed by atoms with van der Waals surface area (Å²) in [6, 6.07) is 5.66. The van der Waals surface area contributed by atoms with Gasteiger partial charge < -0.3 is 5.11 Å². The van der Waals surface area contributed by atoms with Gasteiger partial charge in [0.25, 0.3) is 0 Å². The van der Waals surface area contributed by atoms with Gasteiger partial charge in [0, 0.05) is 25.0 Å². The summed E-state index contributed by atoms with van der Waals surface area (Å²) >= 11 is 0. The summed E-state index contributed by atoms with van der Waals surface area (Å²) in [5, 5.41) is 13.3. The van der Waals surface area contributed by atoms with E-state index in [9.17, 15) is 0 Å². The molecule has 0 fully saturated rings. The van der Waals surface area contributed by atoms with Crippen molar-refractivity contribution < 1.29 is 5.11 Å². The fraction of sp³-hybridized carbons (Fsp3) is 0.200. The predicted octanol–water partition coefficient (Wildman–Crippen LogP) is 0.974. The summed E-state index contributed by atoms with van der Waals surface area (Å²) in [4.78, 5) is 3.94. The molecule has 0 bridgehead atoms. The predicted molar refractivity (Wildman–Crippen MR) is 52.4 cm³/mol. The van der Waals surface area contributed by atoms with Gasteiger partial charge in [0.2, 0.25) is 0 Å². The van der Waals surface area contributed by atoms with E-state index in [1.807, 2.05) is 25.2 Å². The highest BCUT2D eigenvalue weighted by atomic mass is 16.3. The largest absolute Gasteiger partial charge is 0.390 e. The van der Waals surface area contributed by atoms with Crippen molar-refractivity contribution in [2.45, 2.75) is 6.61 Å². The van der Waals surface area contributed by atoms with Crippen LogP contribution in [0.1, 0.15) is 5.69 Å². The Bertz CT molecular complexity index is 422. The normalized spacial score (nSPS) is 10.4. The molecule has 4 nitrogen and oxygen atoms in total. The molecule has 0 saturated heterocycles. The lowest BCUT2D eigenvalue weighted by molar-refractivity contribution is 0.270. The van der Waals surface area contributed by atoms with E-state index in [2.05, 4.69) is 10.1 Å². The molecule has 0 aromatic carbocycles. The first-order valence-corrected chi connectivity index (χ1v) is 4.35. The lowest BCUT2D eigenvalue weighted by Gasteiger charge is -1.93. The Kier molecular flexibility index (Phi) is 2.28. The van der Waals surface area contributed by atoms with Crippen molar-refractivity contribution in [2.24, 2.45) is 7.05 Å². The van der Waals surface area contributed by atoms with Crippen molar-refractivity contribution >= 4 is 0 Å². The fourth-order valence-corrected chi connectivity index (χ4v) is 1.32. The monoisotopic (exact) mass is 189 g/mol. The average Bonchev–Trinajstić information content (AvgIpc) is 2.61. The summed E-state index contributed by atoms with van der Waals surface area (Å²) in [5.41, 5.74) is 2.67. The Labute approximate surface area is 81.8 Å². The van der Waals surface area contributed by atoms with Gasteiger partial charge in [-0.3, -0.25) is 9.67 Å². The van der Waals surface area contributed by atoms with E-state index in [0.717, 1.165) is 17.0 Å². The molecule has 2 aromatic heterocycles. The lowest BCUT2D eigenvalue weighted by Crippen LogP contribution is -1.96. The number of nitrogens with zero attached hydrogens (tertiary/aromatic N) is 3. The molecule has 2 aromatic rings. The first-order valence-electron chi connectivity index (χ1n) is 4.35. The smallest absolute Gasteiger partial charge is 0.0927 e. The molecule has 0 atom stereocenters. The SMILES string of the molecule is Cn1nc(-c2ccncc2)cc1CO. The third-order valence-electron chi connectivity index (χ3n) is 2.11. The van der Waals surface area contributed by atoms with Crippen molar-refractivity contribution in [2.75, 3.05) is 0 Å². The van der Waals surface area contributed by atoms with Gasteiger partial charge in [-0.15, -0.1) is 0 Å². The number of aryl methyl sites for hydroxylation is 1. The zero-order valence-electron chi connectivity index (χ0n) is 7.88. The topological polar surface area (TPSA) is 50.9 Å². The number of aromatic nitrogens is 3. The molecule has 14 heavy (non-hydrogen) atoms. The van der Waals surface area contributed by atoms with Crippen LogP contribution in [0.5, 0.6) is 0 Å². The van der Waals surface area contributed by atoms with Crippen molar-refractivity contribution in [3.05, 3.63) is 36.3 Å². The van der Waals surface area contributed by atoms with Crippen LogP contribution in [0.2, 0.25) is 0 Å². The van der Waals surface area contributed by atoms with E-state index in [1.54, 1.807) is 17.1 Å². The molecule has 0 radical (unpaired) electrons. The number of aliphatic hydroxyl groups excluding tert-OH is 1. The van der Waals surface area contributed by atoms with Gasteiger partial charge in [-0.2, -0.15) is 5.10 Å². The second kappa shape index (κ2) is 3.59. The maximum absolute atomic E-state index is 9.01. The minimum atomic E-state index is 0.00852. The van der Waals surface area contributed by atoms with E-state index < -0.39 is 0 Å². The van der Waals surface area contributed by atoms with Gasteiger partial charge in [0.1, 0.15) is 0 Å². The van der Waals surface area contributed by atoms with Gasteiger partial charge in [-0.25, -0.2) is 0 Å². The van der Waals surface area contributed by atoms with Crippen LogP contribution >= 0.6 is 0 Å². The van der Waals surface area contributed by atoms with Crippen LogP contribution in [0.15, 0.2) is 30.6 Å². The summed E-state index contributed by atoms with van der Waals surface area (Å²) in [5.74, 6) is 0. The van der Waals surface area contributed by atoms with Gasteiger partial charge in [0.05, 0.1) is 18.0 Å². The third kappa shape index (κ3) is 1.52. The highest BCUT2D eigenvalue weighted by Gasteiger charge is 2.05. The zero-order chi connectivity index (χ0) is 9.97. The van der Waals surface area contributed by atoms with Crippen LogP contribution < -0.4 is 0 Å². The molecule has 2 rings (SSSR count). The number of aliphatic hydroxyl groups is 1. The maximum atomic E-state index is 9.01. The van der Waals surface area contributed by atoms with Crippen LogP contribution in [0.25, 0.3) is 11.3 Å². The Morgan fingerprint density at radius 1 is 1.36 bits per heavy atom. The minimum absolute atomic E-state index is 0.00852. The average molecular weight is 189 g/mol. The molecule has 2 heterocycles. The lowest BCUT2D eigenvalue weighted by atomic mass is 10.2. The van der Waals surface area contributed by atoms with Crippen LogP contribution in [-0.2, 0) is 13.7 Å². The summed E-state index contributed by atoms with van der Waals surface area (Å²) in [7, 11) is 1.82. The molecule has 0 amide bonds. The Morgan fingerprint density at radius 3 is 2.64 bits per heavy atom. The van der Waals surface area contributed by atoms with E-state index in [-0.39, 0.29) is 6.61 Å². The second-order valence-corrected chi connectivity index (χ2v) is 3.04. The van der Waals surface area contributed by atoms with Gasteiger partial charge in [-0.05, 0) is 18.2 Å². The summed E-state index contributed by atoms with van der Waals surface area (Å²) in [6.07, 6.45) is 3.45. The molecule has 72 valence electrons. The molecular formula is C10H11N3O. The highest BCUT2D eigenvalue weighted by molar-refractivity contribution is 5.58. The summed E-state index contributed by atoms with van der Waals surface area (Å²) < 4.78 is 1.68. The van der Waals surface area contributed by atoms with Crippen molar-refractivity contribution in [3.63, 3.8) is 0 Å². The Morgan fingerprint density at radius 2 is 2.07 bits per heavy atom. The number of pyridine rings is 1. The van der Waals surface area contributed by atoms with E-state index in [0.29, 0.717) is 0 Å². The van der Waals surface area contributed by atoms with E-state index >= 15 is 0 Å². The molecular weight excluding hydrogens is 178 g/mol. The molecule has 0 saturated carbocycles. The molecule has 0 unspecified atom stereocenters. The first kappa shape index (κ1) is 8.90.